The number of sulfonamides is 1. The summed E-state index contributed by atoms with van der Waals surface area (Å²) < 4.78 is 32.9. The van der Waals surface area contributed by atoms with Crippen LogP contribution in [0.15, 0.2) is 47.4 Å². The topological polar surface area (TPSA) is 79.0 Å². The molecule has 30 heavy (non-hydrogen) atoms. The Hall–Kier alpha value is -2.00. The maximum absolute atomic E-state index is 12.8. The van der Waals surface area contributed by atoms with E-state index in [-0.39, 0.29) is 20.8 Å². The van der Waals surface area contributed by atoms with Gasteiger partial charge in [0.2, 0.25) is 15.9 Å². The Morgan fingerprint density at radius 1 is 1.07 bits per heavy atom. The number of methoxy groups -OCH3 is 1. The fourth-order valence-corrected chi connectivity index (χ4v) is 5.24. The predicted octanol–water partition coefficient (Wildman–Crippen LogP) is 3.02. The number of rotatable bonds is 6. The first-order chi connectivity index (χ1) is 14.2. The second-order valence-corrected chi connectivity index (χ2v) is 9.45. The van der Waals surface area contributed by atoms with E-state index in [1.165, 1.54) is 25.1 Å². The molecule has 0 bridgehead atoms. The zero-order valence-corrected chi connectivity index (χ0v) is 19.0. The molecule has 1 aliphatic rings. The lowest BCUT2D eigenvalue weighted by molar-refractivity contribution is -0.132. The molecule has 162 valence electrons. The summed E-state index contributed by atoms with van der Waals surface area (Å²) in [6.07, 6.45) is 0. The SMILES string of the molecule is COc1ccc(N2CCN(C(=O)[C@H](C)NS(=O)(=O)c3cc(Cl)ccc3Cl)CC2)cc1. The molecule has 2 aromatic carbocycles. The van der Waals surface area contributed by atoms with Gasteiger partial charge in [-0.3, -0.25) is 4.79 Å². The van der Waals surface area contributed by atoms with Crippen molar-refractivity contribution in [1.82, 2.24) is 9.62 Å². The lowest BCUT2D eigenvalue weighted by Gasteiger charge is -2.37. The number of amides is 1. The minimum absolute atomic E-state index is 0.0413. The number of ether oxygens (including phenoxy) is 1. The maximum atomic E-state index is 12.8. The number of hydrogen-bond acceptors (Lipinski definition) is 5. The third-order valence-corrected chi connectivity index (χ3v) is 7.17. The van der Waals surface area contributed by atoms with Crippen LogP contribution in [0.5, 0.6) is 5.75 Å². The van der Waals surface area contributed by atoms with E-state index in [0.29, 0.717) is 26.2 Å². The fourth-order valence-electron chi connectivity index (χ4n) is 3.28. The first kappa shape index (κ1) is 22.7. The molecular formula is C20H23Cl2N3O4S. The number of anilines is 1. The van der Waals surface area contributed by atoms with Crippen molar-refractivity contribution in [2.75, 3.05) is 38.2 Å². The van der Waals surface area contributed by atoms with Gasteiger partial charge in [0.15, 0.2) is 0 Å². The minimum atomic E-state index is -3.99. The number of halogens is 2. The Labute approximate surface area is 186 Å². The van der Waals surface area contributed by atoms with Gasteiger partial charge in [0.05, 0.1) is 18.2 Å². The van der Waals surface area contributed by atoms with Crippen LogP contribution in [0.4, 0.5) is 5.69 Å². The molecule has 0 saturated carbocycles. The lowest BCUT2D eigenvalue weighted by Crippen LogP contribution is -2.54. The Balaban J connectivity index is 1.61. The summed E-state index contributed by atoms with van der Waals surface area (Å²) >= 11 is 11.9. The second kappa shape index (κ2) is 9.43. The average molecular weight is 472 g/mol. The number of nitrogens with zero attached hydrogens (tertiary/aromatic N) is 2. The number of carbonyl (C=O) groups is 1. The van der Waals surface area contributed by atoms with Crippen molar-refractivity contribution in [3.05, 3.63) is 52.5 Å². The molecule has 10 heteroatoms. The van der Waals surface area contributed by atoms with E-state index in [4.69, 9.17) is 27.9 Å². The molecule has 0 spiro atoms. The first-order valence-electron chi connectivity index (χ1n) is 9.36. The zero-order chi connectivity index (χ0) is 21.9. The summed E-state index contributed by atoms with van der Waals surface area (Å²) in [5.74, 6) is 0.500. The number of nitrogens with one attached hydrogen (secondary N) is 1. The Morgan fingerprint density at radius 2 is 1.70 bits per heavy atom. The lowest BCUT2D eigenvalue weighted by atomic mass is 10.2. The number of benzene rings is 2. The summed E-state index contributed by atoms with van der Waals surface area (Å²) in [7, 11) is -2.37. The maximum Gasteiger partial charge on any atom is 0.242 e. The number of piperazine rings is 1. The highest BCUT2D eigenvalue weighted by Crippen LogP contribution is 2.25. The van der Waals surface area contributed by atoms with Crippen molar-refractivity contribution >= 4 is 44.8 Å². The van der Waals surface area contributed by atoms with Crippen LogP contribution in [0.3, 0.4) is 0 Å². The summed E-state index contributed by atoms with van der Waals surface area (Å²) in [6, 6.07) is 11.0. The summed E-state index contributed by atoms with van der Waals surface area (Å²) in [5.41, 5.74) is 1.05. The van der Waals surface area contributed by atoms with Crippen LogP contribution in [0.25, 0.3) is 0 Å². The highest BCUT2D eigenvalue weighted by Gasteiger charge is 2.29. The van der Waals surface area contributed by atoms with Gasteiger partial charge in [-0.05, 0) is 49.4 Å². The third kappa shape index (κ3) is 5.18. The van der Waals surface area contributed by atoms with Crippen LogP contribution in [0, 0.1) is 0 Å². The highest BCUT2D eigenvalue weighted by atomic mass is 35.5. The van der Waals surface area contributed by atoms with Crippen molar-refractivity contribution < 1.29 is 17.9 Å². The van der Waals surface area contributed by atoms with E-state index >= 15 is 0 Å². The molecule has 1 atom stereocenters. The van der Waals surface area contributed by atoms with Crippen LogP contribution in [0.2, 0.25) is 10.0 Å². The van der Waals surface area contributed by atoms with Crippen LogP contribution >= 0.6 is 23.2 Å². The average Bonchev–Trinajstić information content (AvgIpc) is 2.74. The van der Waals surface area contributed by atoms with Crippen molar-refractivity contribution in [2.45, 2.75) is 17.9 Å². The van der Waals surface area contributed by atoms with Crippen LogP contribution in [0.1, 0.15) is 6.92 Å². The van der Waals surface area contributed by atoms with Crippen molar-refractivity contribution in [3.63, 3.8) is 0 Å². The largest absolute Gasteiger partial charge is 0.497 e. The quantitative estimate of drug-likeness (QED) is 0.700. The van der Waals surface area contributed by atoms with Crippen LogP contribution < -0.4 is 14.4 Å². The number of carbonyl (C=O) groups excluding carboxylic acids is 1. The molecule has 1 aliphatic heterocycles. The van der Waals surface area contributed by atoms with E-state index in [1.54, 1.807) is 12.0 Å². The van der Waals surface area contributed by atoms with Gasteiger partial charge in [-0.15, -0.1) is 0 Å². The normalized spacial score (nSPS) is 15.7. The second-order valence-electron chi connectivity index (χ2n) is 6.93. The zero-order valence-electron chi connectivity index (χ0n) is 16.6. The first-order valence-corrected chi connectivity index (χ1v) is 11.6. The highest BCUT2D eigenvalue weighted by molar-refractivity contribution is 7.89. The Bertz CT molecular complexity index is 1010. The van der Waals surface area contributed by atoms with Gasteiger partial charge in [0.25, 0.3) is 0 Å². The van der Waals surface area contributed by atoms with Gasteiger partial charge in [0, 0.05) is 36.9 Å². The van der Waals surface area contributed by atoms with Crippen LogP contribution in [-0.4, -0.2) is 58.6 Å². The monoisotopic (exact) mass is 471 g/mol. The summed E-state index contributed by atoms with van der Waals surface area (Å²) in [5, 5.41) is 0.285. The van der Waals surface area contributed by atoms with E-state index in [1.807, 2.05) is 24.3 Å². The molecule has 1 amide bonds. The van der Waals surface area contributed by atoms with E-state index < -0.39 is 16.1 Å². The smallest absolute Gasteiger partial charge is 0.242 e. The van der Waals surface area contributed by atoms with Crippen molar-refractivity contribution in [3.8, 4) is 5.75 Å². The third-order valence-electron chi connectivity index (χ3n) is 4.91. The van der Waals surface area contributed by atoms with Crippen molar-refractivity contribution in [2.24, 2.45) is 0 Å². The molecule has 1 fully saturated rings. The van der Waals surface area contributed by atoms with Gasteiger partial charge in [0.1, 0.15) is 10.6 Å². The molecule has 1 heterocycles. The Kier molecular flexibility index (Phi) is 7.13. The molecule has 1 N–H and O–H groups in total. The van der Waals surface area contributed by atoms with Gasteiger partial charge >= 0.3 is 0 Å². The van der Waals surface area contributed by atoms with Gasteiger partial charge in [-0.2, -0.15) is 4.72 Å². The van der Waals surface area contributed by atoms with E-state index in [0.717, 1.165) is 11.4 Å². The molecular weight excluding hydrogens is 449 g/mol. The molecule has 1 saturated heterocycles. The molecule has 2 aromatic rings. The van der Waals surface area contributed by atoms with Gasteiger partial charge in [-0.25, -0.2) is 8.42 Å². The fraction of sp³-hybridized carbons (Fsp3) is 0.350. The summed E-state index contributed by atoms with van der Waals surface area (Å²) in [6.45, 7) is 3.81. The predicted molar refractivity (Wildman–Crippen MR) is 118 cm³/mol. The van der Waals surface area contributed by atoms with Crippen LogP contribution in [-0.2, 0) is 14.8 Å². The molecule has 0 radical (unpaired) electrons. The minimum Gasteiger partial charge on any atom is -0.497 e. The van der Waals surface area contributed by atoms with Gasteiger partial charge in [-0.1, -0.05) is 23.2 Å². The molecule has 0 aromatic heterocycles. The molecule has 0 aliphatic carbocycles. The van der Waals surface area contributed by atoms with Crippen molar-refractivity contribution in [1.29, 1.82) is 0 Å². The standard InChI is InChI=1S/C20H23Cl2N3O4S/c1-14(23-30(27,28)19-13-15(21)3-8-18(19)22)20(26)25-11-9-24(10-12-25)16-4-6-17(29-2)7-5-16/h3-8,13-14,23H,9-12H2,1-2H3/t14-/m0/s1. The molecule has 3 rings (SSSR count). The van der Waals surface area contributed by atoms with E-state index in [2.05, 4.69) is 9.62 Å². The molecule has 7 nitrogen and oxygen atoms in total. The Morgan fingerprint density at radius 3 is 2.30 bits per heavy atom. The number of hydrogen-bond donors (Lipinski definition) is 1. The van der Waals surface area contributed by atoms with E-state index in [9.17, 15) is 13.2 Å². The summed E-state index contributed by atoms with van der Waals surface area (Å²) in [4.78, 5) is 16.5. The van der Waals surface area contributed by atoms with Gasteiger partial charge < -0.3 is 14.5 Å². The molecule has 0 unspecified atom stereocenters.